The zero-order chi connectivity index (χ0) is 19.3. The Hall–Kier alpha value is -1.64. The number of hydrogen-bond acceptors (Lipinski definition) is 4. The molecule has 1 aromatic rings. The fourth-order valence-corrected chi connectivity index (χ4v) is 5.21. The summed E-state index contributed by atoms with van der Waals surface area (Å²) in [6.07, 6.45) is 2.36. The summed E-state index contributed by atoms with van der Waals surface area (Å²) >= 11 is 0. The first-order chi connectivity index (χ1) is 13.0. The normalized spacial score (nSPS) is 20.2. The van der Waals surface area contributed by atoms with Crippen molar-refractivity contribution < 1.29 is 8.42 Å². The molecular weight excluding hydrogens is 362 g/mol. The molecule has 0 saturated carbocycles. The number of guanidine groups is 1. The van der Waals surface area contributed by atoms with E-state index < -0.39 is 10.0 Å². The topological polar surface area (TPSA) is 68.2 Å². The number of nitrogens with zero attached hydrogens (tertiary/aromatic N) is 4. The number of piperazine rings is 1. The maximum Gasteiger partial charge on any atom is 0.243 e. The third-order valence-corrected chi connectivity index (χ3v) is 7.19. The van der Waals surface area contributed by atoms with E-state index in [9.17, 15) is 8.42 Å². The Kier molecular flexibility index (Phi) is 6.73. The average Bonchev–Trinajstić information content (AvgIpc) is 3.20. The van der Waals surface area contributed by atoms with E-state index in [1.54, 1.807) is 16.4 Å². The number of sulfonamides is 1. The van der Waals surface area contributed by atoms with Crippen LogP contribution in [0.15, 0.2) is 34.2 Å². The maximum atomic E-state index is 13.2. The number of benzene rings is 1. The lowest BCUT2D eigenvalue weighted by Crippen LogP contribution is -2.47. The highest BCUT2D eigenvalue weighted by molar-refractivity contribution is 7.89. The molecule has 0 aromatic heterocycles. The Labute approximate surface area is 163 Å². The highest BCUT2D eigenvalue weighted by Gasteiger charge is 2.29. The lowest BCUT2D eigenvalue weighted by Gasteiger charge is -2.32. The van der Waals surface area contributed by atoms with Gasteiger partial charge in [0.15, 0.2) is 5.96 Å². The largest absolute Gasteiger partial charge is 0.357 e. The maximum absolute atomic E-state index is 13.2. The highest BCUT2D eigenvalue weighted by atomic mass is 32.2. The smallest absolute Gasteiger partial charge is 0.243 e. The minimum absolute atomic E-state index is 0.363. The molecule has 1 N–H and O–H groups in total. The van der Waals surface area contributed by atoms with Gasteiger partial charge in [-0.15, -0.1) is 0 Å². The summed E-state index contributed by atoms with van der Waals surface area (Å²) in [5, 5.41) is 3.33. The Bertz CT molecular complexity index is 751. The second-order valence-corrected chi connectivity index (χ2v) is 9.09. The molecule has 0 unspecified atom stereocenters. The average molecular weight is 394 g/mol. The zero-order valence-electron chi connectivity index (χ0n) is 16.4. The van der Waals surface area contributed by atoms with Gasteiger partial charge in [-0.1, -0.05) is 18.2 Å². The van der Waals surface area contributed by atoms with E-state index in [-0.39, 0.29) is 0 Å². The molecule has 2 aliphatic heterocycles. The predicted molar refractivity (Wildman–Crippen MR) is 108 cm³/mol. The van der Waals surface area contributed by atoms with Crippen molar-refractivity contribution >= 4 is 16.0 Å². The molecule has 0 radical (unpaired) electrons. The van der Waals surface area contributed by atoms with Gasteiger partial charge in [-0.25, -0.2) is 13.4 Å². The molecule has 7 nitrogen and oxygen atoms in total. The van der Waals surface area contributed by atoms with Crippen molar-refractivity contribution in [1.29, 1.82) is 0 Å². The van der Waals surface area contributed by atoms with Crippen LogP contribution in [0.4, 0.5) is 0 Å². The van der Waals surface area contributed by atoms with Crippen molar-refractivity contribution in [3.05, 3.63) is 29.8 Å². The quantitative estimate of drug-likeness (QED) is 0.601. The van der Waals surface area contributed by atoms with Gasteiger partial charge in [-0.2, -0.15) is 4.31 Å². The van der Waals surface area contributed by atoms with Gasteiger partial charge in [-0.05, 0) is 38.4 Å². The van der Waals surface area contributed by atoms with Crippen molar-refractivity contribution in [1.82, 2.24) is 19.4 Å². The van der Waals surface area contributed by atoms with Gasteiger partial charge in [0.25, 0.3) is 0 Å². The summed E-state index contributed by atoms with van der Waals surface area (Å²) in [5.74, 6) is 0.877. The molecule has 27 heavy (non-hydrogen) atoms. The summed E-state index contributed by atoms with van der Waals surface area (Å²) in [4.78, 5) is 9.53. The van der Waals surface area contributed by atoms with E-state index in [4.69, 9.17) is 4.99 Å². The van der Waals surface area contributed by atoms with E-state index in [2.05, 4.69) is 22.0 Å². The van der Waals surface area contributed by atoms with Crippen LogP contribution in [0.25, 0.3) is 0 Å². The number of rotatable bonds is 5. The van der Waals surface area contributed by atoms with Crippen molar-refractivity contribution in [2.45, 2.75) is 31.2 Å². The molecule has 2 fully saturated rings. The monoisotopic (exact) mass is 393 g/mol. The van der Waals surface area contributed by atoms with Gasteiger partial charge in [0.1, 0.15) is 0 Å². The van der Waals surface area contributed by atoms with E-state index in [0.29, 0.717) is 24.5 Å². The summed E-state index contributed by atoms with van der Waals surface area (Å²) in [5.41, 5.74) is 0.756. The molecule has 0 atom stereocenters. The Morgan fingerprint density at radius 3 is 2.41 bits per heavy atom. The first kappa shape index (κ1) is 20.1. The van der Waals surface area contributed by atoms with Crippen molar-refractivity contribution in [3.63, 3.8) is 0 Å². The Balaban J connectivity index is 1.81. The van der Waals surface area contributed by atoms with E-state index in [1.807, 2.05) is 19.2 Å². The first-order valence-electron chi connectivity index (χ1n) is 9.82. The van der Waals surface area contributed by atoms with Crippen molar-refractivity contribution in [3.8, 4) is 0 Å². The molecule has 0 amide bonds. The number of aliphatic imine (C=N–C) groups is 1. The third kappa shape index (κ3) is 4.80. The lowest BCUT2D eigenvalue weighted by molar-refractivity contribution is 0.222. The lowest BCUT2D eigenvalue weighted by atomic mass is 10.2. The van der Waals surface area contributed by atoms with Crippen LogP contribution in [0.5, 0.6) is 0 Å². The van der Waals surface area contributed by atoms with Gasteiger partial charge in [-0.3, -0.25) is 0 Å². The van der Waals surface area contributed by atoms with Crippen LogP contribution in [0.1, 0.15) is 25.3 Å². The molecule has 0 aliphatic carbocycles. The molecule has 0 spiro atoms. The molecule has 150 valence electrons. The zero-order valence-corrected chi connectivity index (χ0v) is 17.2. The Morgan fingerprint density at radius 2 is 1.74 bits per heavy atom. The Morgan fingerprint density at radius 1 is 1.07 bits per heavy atom. The molecule has 2 saturated heterocycles. The number of nitrogens with one attached hydrogen (secondary N) is 1. The van der Waals surface area contributed by atoms with Crippen LogP contribution in [-0.4, -0.2) is 81.3 Å². The molecule has 2 heterocycles. The van der Waals surface area contributed by atoms with Crippen LogP contribution < -0.4 is 5.32 Å². The van der Waals surface area contributed by atoms with Gasteiger partial charge >= 0.3 is 0 Å². The van der Waals surface area contributed by atoms with Crippen molar-refractivity contribution in [2.24, 2.45) is 4.99 Å². The van der Waals surface area contributed by atoms with Crippen molar-refractivity contribution in [2.75, 3.05) is 52.9 Å². The highest BCUT2D eigenvalue weighted by Crippen LogP contribution is 2.22. The fraction of sp³-hybridized carbons (Fsp3) is 0.632. The number of likely N-dealkylation sites (N-methyl/N-ethyl adjacent to an activating group) is 1. The molecular formula is C19H31N5O2S. The number of hydrogen-bond donors (Lipinski definition) is 1. The van der Waals surface area contributed by atoms with Gasteiger partial charge in [0.2, 0.25) is 10.0 Å². The van der Waals surface area contributed by atoms with Gasteiger partial charge < -0.3 is 15.1 Å². The first-order valence-corrected chi connectivity index (χ1v) is 11.3. The molecule has 0 bridgehead atoms. The summed E-state index contributed by atoms with van der Waals surface area (Å²) in [6.45, 7) is 7.83. The molecule has 2 aliphatic rings. The second-order valence-electron chi connectivity index (χ2n) is 7.18. The van der Waals surface area contributed by atoms with Gasteiger partial charge in [0.05, 0.1) is 11.4 Å². The van der Waals surface area contributed by atoms with E-state index in [1.165, 1.54) is 12.8 Å². The fourth-order valence-electron chi connectivity index (χ4n) is 3.57. The van der Waals surface area contributed by atoms with Crippen LogP contribution >= 0.6 is 0 Å². The van der Waals surface area contributed by atoms with E-state index in [0.717, 1.165) is 44.2 Å². The van der Waals surface area contributed by atoms with Gasteiger partial charge in [0, 0.05) is 45.8 Å². The standard InChI is InChI=1S/C19H31N5O2S/c1-3-20-19(23-10-6-7-11-23)21-16-17-8-4-5-9-18(17)27(25,26)24-14-12-22(2)13-15-24/h4-5,8-9H,3,6-7,10-16H2,1-2H3,(H,20,21). The number of likely N-dealkylation sites (tertiary alicyclic amines) is 1. The molecule has 3 rings (SSSR count). The minimum atomic E-state index is -3.49. The molecule has 8 heteroatoms. The summed E-state index contributed by atoms with van der Waals surface area (Å²) < 4.78 is 27.9. The third-order valence-electron chi connectivity index (χ3n) is 5.19. The van der Waals surface area contributed by atoms with E-state index >= 15 is 0 Å². The van der Waals surface area contributed by atoms with Crippen LogP contribution in [0.3, 0.4) is 0 Å². The SMILES string of the molecule is CCNC(=NCc1ccccc1S(=O)(=O)N1CCN(C)CC1)N1CCCC1. The van der Waals surface area contributed by atoms with Crippen LogP contribution in [0.2, 0.25) is 0 Å². The minimum Gasteiger partial charge on any atom is -0.357 e. The second kappa shape index (κ2) is 9.03. The van der Waals surface area contributed by atoms with Crippen LogP contribution in [0, 0.1) is 0 Å². The predicted octanol–water partition coefficient (Wildman–Crippen LogP) is 1.18. The van der Waals surface area contributed by atoms with Crippen LogP contribution in [-0.2, 0) is 16.6 Å². The summed E-state index contributed by atoms with van der Waals surface area (Å²) in [7, 11) is -1.47. The summed E-state index contributed by atoms with van der Waals surface area (Å²) in [6, 6.07) is 7.26. The molecule has 1 aromatic carbocycles.